The van der Waals surface area contributed by atoms with Crippen molar-refractivity contribution in [1.29, 1.82) is 0 Å². The molecule has 0 saturated heterocycles. The number of nitrogens with two attached hydrogens (primary N) is 1. The number of benzene rings is 1. The first-order valence-electron chi connectivity index (χ1n) is 6.25. The van der Waals surface area contributed by atoms with Crippen LogP contribution >= 0.6 is 0 Å². The van der Waals surface area contributed by atoms with E-state index in [0.29, 0.717) is 5.92 Å². The van der Waals surface area contributed by atoms with E-state index in [1.807, 2.05) is 13.8 Å². The van der Waals surface area contributed by atoms with Crippen LogP contribution in [0.5, 0.6) is 11.5 Å². The first kappa shape index (κ1) is 15.8. The van der Waals surface area contributed by atoms with Crippen molar-refractivity contribution in [1.82, 2.24) is 0 Å². The Morgan fingerprint density at radius 1 is 1.12 bits per heavy atom. The molecular weight excluding hydrogens is 214 g/mol. The molecule has 0 aliphatic heterocycles. The highest BCUT2D eigenvalue weighted by molar-refractivity contribution is 5.40. The monoisotopic (exact) mass is 239 g/mol. The van der Waals surface area contributed by atoms with Crippen molar-refractivity contribution in [3.63, 3.8) is 0 Å². The molecule has 98 valence electrons. The summed E-state index contributed by atoms with van der Waals surface area (Å²) in [5.74, 6) is 0.408. The summed E-state index contributed by atoms with van der Waals surface area (Å²) in [5.41, 5.74) is 6.91. The van der Waals surface area contributed by atoms with Gasteiger partial charge < -0.3 is 15.9 Å². The first-order valence-corrected chi connectivity index (χ1v) is 6.25. The van der Waals surface area contributed by atoms with E-state index in [0.717, 1.165) is 18.4 Å². The molecule has 1 aromatic carbocycles. The van der Waals surface area contributed by atoms with Crippen LogP contribution < -0.4 is 5.73 Å². The lowest BCUT2D eigenvalue weighted by Crippen LogP contribution is -2.24. The Bertz CT molecular complexity index is 324. The highest BCUT2D eigenvalue weighted by Gasteiger charge is 2.08. The Balaban J connectivity index is 0.00000121. The number of rotatable bonds is 4. The second kappa shape index (κ2) is 7.96. The number of hydrogen-bond donors (Lipinski definition) is 3. The molecule has 0 spiro atoms. The molecule has 0 amide bonds. The summed E-state index contributed by atoms with van der Waals surface area (Å²) in [6, 6.07) is 4.95. The number of hydrogen-bond acceptors (Lipinski definition) is 3. The van der Waals surface area contributed by atoms with Crippen molar-refractivity contribution in [2.24, 2.45) is 11.7 Å². The van der Waals surface area contributed by atoms with Gasteiger partial charge in [-0.15, -0.1) is 0 Å². The average Bonchev–Trinajstić information content (AvgIpc) is 2.25. The van der Waals surface area contributed by atoms with Gasteiger partial charge in [-0.2, -0.15) is 0 Å². The van der Waals surface area contributed by atoms with E-state index >= 15 is 0 Å². The minimum Gasteiger partial charge on any atom is -0.504 e. The molecule has 17 heavy (non-hydrogen) atoms. The van der Waals surface area contributed by atoms with E-state index in [4.69, 9.17) is 10.8 Å². The number of phenols is 2. The molecule has 0 saturated carbocycles. The molecule has 1 rings (SSSR count). The van der Waals surface area contributed by atoms with Gasteiger partial charge in [0.2, 0.25) is 0 Å². The maximum atomic E-state index is 9.30. The van der Waals surface area contributed by atoms with Crippen LogP contribution in [0.1, 0.15) is 39.7 Å². The smallest absolute Gasteiger partial charge is 0.157 e. The largest absolute Gasteiger partial charge is 0.504 e. The van der Waals surface area contributed by atoms with Crippen LogP contribution in [0.4, 0.5) is 0 Å². The maximum absolute atomic E-state index is 9.30. The lowest BCUT2D eigenvalue weighted by atomic mass is 9.98. The predicted molar refractivity (Wildman–Crippen MR) is 72.3 cm³/mol. The molecule has 3 nitrogen and oxygen atoms in total. The van der Waals surface area contributed by atoms with Crippen molar-refractivity contribution in [3.05, 3.63) is 23.8 Å². The maximum Gasteiger partial charge on any atom is 0.157 e. The van der Waals surface area contributed by atoms with Crippen molar-refractivity contribution >= 4 is 0 Å². The fourth-order valence-electron chi connectivity index (χ4n) is 1.69. The van der Waals surface area contributed by atoms with E-state index in [1.54, 1.807) is 12.1 Å². The summed E-state index contributed by atoms with van der Waals surface area (Å²) in [6.07, 6.45) is 1.69. The Labute approximate surface area is 104 Å². The first-order chi connectivity index (χ1) is 7.99. The molecule has 0 radical (unpaired) electrons. The second-order valence-corrected chi connectivity index (χ2v) is 4.42. The summed E-state index contributed by atoms with van der Waals surface area (Å²) in [6.45, 7) is 8.27. The van der Waals surface area contributed by atoms with Crippen LogP contribution in [-0.4, -0.2) is 16.3 Å². The lowest BCUT2D eigenvalue weighted by Gasteiger charge is -2.14. The molecule has 0 heterocycles. The fourth-order valence-corrected chi connectivity index (χ4v) is 1.69. The topological polar surface area (TPSA) is 66.5 Å². The van der Waals surface area contributed by atoms with Crippen molar-refractivity contribution in [2.45, 2.75) is 46.6 Å². The van der Waals surface area contributed by atoms with Gasteiger partial charge in [-0.1, -0.05) is 33.8 Å². The van der Waals surface area contributed by atoms with Gasteiger partial charge in [0.25, 0.3) is 0 Å². The van der Waals surface area contributed by atoms with Gasteiger partial charge in [0.15, 0.2) is 11.5 Å². The fraction of sp³-hybridized carbons (Fsp3) is 0.571. The number of aromatic hydroxyl groups is 2. The average molecular weight is 239 g/mol. The Morgan fingerprint density at radius 3 is 2.18 bits per heavy atom. The summed E-state index contributed by atoms with van der Waals surface area (Å²) in [5, 5.41) is 18.4. The molecule has 0 aromatic heterocycles. The third kappa shape index (κ3) is 6.17. The highest BCUT2D eigenvalue weighted by atomic mass is 16.3. The van der Waals surface area contributed by atoms with Gasteiger partial charge >= 0.3 is 0 Å². The third-order valence-electron chi connectivity index (χ3n) is 2.31. The SMILES string of the molecule is CC.CC(C)CC(N)Cc1ccc(O)c(O)c1. The molecule has 0 aliphatic carbocycles. The van der Waals surface area contributed by atoms with Crippen molar-refractivity contribution < 1.29 is 10.2 Å². The van der Waals surface area contributed by atoms with Crippen LogP contribution in [0.2, 0.25) is 0 Å². The zero-order chi connectivity index (χ0) is 13.4. The highest BCUT2D eigenvalue weighted by Crippen LogP contribution is 2.25. The Hall–Kier alpha value is -1.22. The lowest BCUT2D eigenvalue weighted by molar-refractivity contribution is 0.402. The van der Waals surface area contributed by atoms with Crippen LogP contribution in [0.15, 0.2) is 18.2 Å². The molecule has 0 fully saturated rings. The van der Waals surface area contributed by atoms with E-state index in [2.05, 4.69) is 13.8 Å². The van der Waals surface area contributed by atoms with Gasteiger partial charge in [-0.25, -0.2) is 0 Å². The summed E-state index contributed by atoms with van der Waals surface area (Å²) in [4.78, 5) is 0. The van der Waals surface area contributed by atoms with Crippen LogP contribution in [0.3, 0.4) is 0 Å². The summed E-state index contributed by atoms with van der Waals surface area (Å²) < 4.78 is 0. The van der Waals surface area contributed by atoms with E-state index in [1.165, 1.54) is 6.07 Å². The Morgan fingerprint density at radius 2 is 1.71 bits per heavy atom. The van der Waals surface area contributed by atoms with Gasteiger partial charge in [0.05, 0.1) is 0 Å². The molecule has 0 bridgehead atoms. The predicted octanol–water partition coefficient (Wildman–Crippen LogP) is 3.04. The second-order valence-electron chi connectivity index (χ2n) is 4.42. The molecule has 1 atom stereocenters. The molecular formula is C14H25NO2. The summed E-state index contributed by atoms with van der Waals surface area (Å²) >= 11 is 0. The zero-order valence-electron chi connectivity index (χ0n) is 11.3. The van der Waals surface area contributed by atoms with Gasteiger partial charge in [0.1, 0.15) is 0 Å². The molecule has 4 N–H and O–H groups in total. The quantitative estimate of drug-likeness (QED) is 0.707. The van der Waals surface area contributed by atoms with E-state index in [9.17, 15) is 5.11 Å². The van der Waals surface area contributed by atoms with E-state index in [-0.39, 0.29) is 17.5 Å². The molecule has 0 aliphatic rings. The Kier molecular flexibility index (Phi) is 7.39. The zero-order valence-corrected chi connectivity index (χ0v) is 11.3. The minimum absolute atomic E-state index is 0.0794. The van der Waals surface area contributed by atoms with E-state index < -0.39 is 0 Å². The van der Waals surface area contributed by atoms with Gasteiger partial charge in [0, 0.05) is 6.04 Å². The molecule has 1 unspecified atom stereocenters. The van der Waals surface area contributed by atoms with Crippen molar-refractivity contribution in [3.8, 4) is 11.5 Å². The third-order valence-corrected chi connectivity index (χ3v) is 2.31. The normalized spacial score (nSPS) is 11.9. The van der Waals surface area contributed by atoms with Gasteiger partial charge in [-0.05, 0) is 36.5 Å². The van der Waals surface area contributed by atoms with Gasteiger partial charge in [-0.3, -0.25) is 0 Å². The van der Waals surface area contributed by atoms with Crippen LogP contribution in [0.25, 0.3) is 0 Å². The minimum atomic E-state index is -0.0869. The van der Waals surface area contributed by atoms with Crippen LogP contribution in [-0.2, 0) is 6.42 Å². The standard InChI is InChI=1S/C12H19NO2.C2H6/c1-8(2)5-10(13)6-9-3-4-11(14)12(15)7-9;1-2/h3-4,7-8,10,14-15H,5-6,13H2,1-2H3;1-2H3. The molecule has 3 heteroatoms. The summed E-state index contributed by atoms with van der Waals surface area (Å²) in [7, 11) is 0. The molecule has 1 aromatic rings. The van der Waals surface area contributed by atoms with Crippen molar-refractivity contribution in [2.75, 3.05) is 0 Å². The number of phenolic OH excluding ortho intramolecular Hbond substituents is 2. The van der Waals surface area contributed by atoms with Crippen LogP contribution in [0, 0.1) is 5.92 Å².